The lowest BCUT2D eigenvalue weighted by Gasteiger charge is -2.35. The first kappa shape index (κ1) is 24.2. The van der Waals surface area contributed by atoms with Crippen LogP contribution in [-0.4, -0.2) is 46.0 Å². The highest BCUT2D eigenvalue weighted by molar-refractivity contribution is 7.74. The van der Waals surface area contributed by atoms with Gasteiger partial charge in [-0.1, -0.05) is 52.5 Å². The van der Waals surface area contributed by atoms with Crippen LogP contribution in [0.5, 0.6) is 0 Å². The Kier molecular flexibility index (Phi) is 18.3. The van der Waals surface area contributed by atoms with Crippen molar-refractivity contribution in [2.45, 2.75) is 32.6 Å². The maximum atomic E-state index is 9.81. The van der Waals surface area contributed by atoms with Crippen LogP contribution in [0.25, 0.3) is 0 Å². The Morgan fingerprint density at radius 3 is 1.65 bits per heavy atom. The molecule has 0 aromatic carbocycles. The third-order valence-electron chi connectivity index (χ3n) is 3.24. The van der Waals surface area contributed by atoms with E-state index >= 15 is 0 Å². The molecule has 0 aromatic heterocycles. The van der Waals surface area contributed by atoms with E-state index in [4.69, 9.17) is 0 Å². The van der Waals surface area contributed by atoms with E-state index in [0.29, 0.717) is 6.61 Å². The van der Waals surface area contributed by atoms with Gasteiger partial charge in [0, 0.05) is 0 Å². The molecule has 0 saturated heterocycles. The van der Waals surface area contributed by atoms with Crippen LogP contribution in [0.1, 0.15) is 32.6 Å². The molecule has 0 radical (unpaired) electrons. The molecule has 1 atom stereocenters. The molecular weight excluding hydrogens is 310 g/mol. The van der Waals surface area contributed by atoms with Crippen LogP contribution in [0, 0.1) is 0 Å². The van der Waals surface area contributed by atoms with Gasteiger partial charge in [0.2, 0.25) is 0 Å². The topological polar surface area (TPSA) is 49.4 Å². The molecule has 0 aromatic rings. The van der Waals surface area contributed by atoms with Gasteiger partial charge in [0.25, 0.3) is 0 Å². The average Bonchev–Trinajstić information content (AvgIpc) is 2.48. The van der Waals surface area contributed by atoms with Crippen LogP contribution in [-0.2, 0) is 15.5 Å². The maximum Gasteiger partial charge on any atom is 0.0978 e. The van der Waals surface area contributed by atoms with Crippen molar-refractivity contribution in [1.29, 1.82) is 0 Å². The highest BCUT2D eigenvalue weighted by atomic mass is 32.2. The molecule has 0 fully saturated rings. The summed E-state index contributed by atoms with van der Waals surface area (Å²) < 4.78 is 24.8. The summed E-state index contributed by atoms with van der Waals surface area (Å²) >= 11 is -2.32. The van der Waals surface area contributed by atoms with Gasteiger partial charge in [-0.2, -0.15) is 0 Å². The zero-order valence-electron chi connectivity index (χ0n) is 14.6. The van der Waals surface area contributed by atoms with Gasteiger partial charge in [-0.3, -0.25) is 0 Å². The predicted octanol–water partition coefficient (Wildman–Crippen LogP) is 3.92. The molecule has 4 nitrogen and oxygen atoms in total. The molecule has 1 unspecified atom stereocenters. The van der Waals surface area contributed by atoms with Gasteiger partial charge in [0.15, 0.2) is 0 Å². The minimum absolute atomic E-state index is 0.329. The van der Waals surface area contributed by atoms with Gasteiger partial charge >= 0.3 is 0 Å². The Morgan fingerprint density at radius 1 is 0.913 bits per heavy atom. The van der Waals surface area contributed by atoms with Crippen LogP contribution < -0.4 is 0 Å². The smallest absolute Gasteiger partial charge is 0.0978 e. The SMILES string of the molecule is C=CC[N+](CC=C)(CC=C)CC=C.CCCCCCOS(=O)[O-]. The largest absolute Gasteiger partial charge is 0.750 e. The van der Waals surface area contributed by atoms with E-state index in [1.54, 1.807) is 0 Å². The normalized spacial score (nSPS) is 11.7. The van der Waals surface area contributed by atoms with E-state index < -0.39 is 11.4 Å². The summed E-state index contributed by atoms with van der Waals surface area (Å²) in [6.07, 6.45) is 11.9. The van der Waals surface area contributed by atoms with Crippen molar-refractivity contribution in [2.75, 3.05) is 32.8 Å². The number of quaternary nitrogens is 1. The third kappa shape index (κ3) is 15.7. The summed E-state index contributed by atoms with van der Waals surface area (Å²) in [6, 6.07) is 0. The summed E-state index contributed by atoms with van der Waals surface area (Å²) in [5.41, 5.74) is 0. The lowest BCUT2D eigenvalue weighted by molar-refractivity contribution is -0.906. The fraction of sp³-hybridized carbons (Fsp3) is 0.556. The van der Waals surface area contributed by atoms with Crippen LogP contribution >= 0.6 is 0 Å². The van der Waals surface area contributed by atoms with E-state index in [2.05, 4.69) is 37.4 Å². The predicted molar refractivity (Wildman–Crippen MR) is 99.5 cm³/mol. The van der Waals surface area contributed by atoms with Gasteiger partial charge in [0.05, 0.1) is 44.1 Å². The third-order valence-corrected chi connectivity index (χ3v) is 3.60. The van der Waals surface area contributed by atoms with Crippen molar-refractivity contribution in [3.05, 3.63) is 50.6 Å². The lowest BCUT2D eigenvalue weighted by atomic mass is 10.2. The summed E-state index contributed by atoms with van der Waals surface area (Å²) in [5, 5.41) is 0. The molecule has 0 aliphatic heterocycles. The number of nitrogens with zero attached hydrogens (tertiary/aromatic N) is 1. The molecule has 134 valence electrons. The van der Waals surface area contributed by atoms with Crippen molar-refractivity contribution in [3.8, 4) is 0 Å². The molecule has 0 N–H and O–H groups in total. The number of hydrogen-bond acceptors (Lipinski definition) is 3. The first-order valence-electron chi connectivity index (χ1n) is 8.03. The number of hydrogen-bond donors (Lipinski definition) is 0. The van der Waals surface area contributed by atoms with Crippen LogP contribution in [0.15, 0.2) is 50.6 Å². The zero-order chi connectivity index (χ0) is 18.0. The number of rotatable bonds is 14. The Labute approximate surface area is 145 Å². The van der Waals surface area contributed by atoms with Crippen LogP contribution in [0.4, 0.5) is 0 Å². The quantitative estimate of drug-likeness (QED) is 0.208. The van der Waals surface area contributed by atoms with E-state index in [0.717, 1.165) is 56.3 Å². The molecule has 5 heteroatoms. The van der Waals surface area contributed by atoms with Crippen LogP contribution in [0.3, 0.4) is 0 Å². The van der Waals surface area contributed by atoms with Gasteiger partial charge in [-0.15, -0.1) is 0 Å². The second-order valence-corrected chi connectivity index (χ2v) is 5.96. The molecular formula is C18H33NO3S. The highest BCUT2D eigenvalue weighted by Gasteiger charge is 2.20. The molecule has 0 aliphatic carbocycles. The molecule has 0 bridgehead atoms. The Hall–Kier alpha value is -1.01. The molecule has 23 heavy (non-hydrogen) atoms. The second kappa shape index (κ2) is 17.3. The van der Waals surface area contributed by atoms with E-state index in [1.165, 1.54) is 0 Å². The summed E-state index contributed by atoms with van der Waals surface area (Å²) in [4.78, 5) is 0. The van der Waals surface area contributed by atoms with Gasteiger partial charge in [-0.25, -0.2) is 4.21 Å². The first-order chi connectivity index (χ1) is 11.0. The van der Waals surface area contributed by atoms with Crippen molar-refractivity contribution in [1.82, 2.24) is 0 Å². The van der Waals surface area contributed by atoms with Crippen molar-refractivity contribution in [2.24, 2.45) is 0 Å². The Morgan fingerprint density at radius 2 is 1.35 bits per heavy atom. The fourth-order valence-electron chi connectivity index (χ4n) is 2.20. The summed E-state index contributed by atoms with van der Waals surface area (Å²) in [6.45, 7) is 21.3. The van der Waals surface area contributed by atoms with Crippen LogP contribution in [0.2, 0.25) is 0 Å². The molecule has 0 saturated carbocycles. The van der Waals surface area contributed by atoms with Gasteiger partial charge < -0.3 is 13.2 Å². The minimum Gasteiger partial charge on any atom is -0.750 e. The first-order valence-corrected chi connectivity index (χ1v) is 9.03. The molecule has 0 heterocycles. The molecule has 0 rings (SSSR count). The van der Waals surface area contributed by atoms with Gasteiger partial charge in [-0.05, 0) is 30.7 Å². The highest BCUT2D eigenvalue weighted by Crippen LogP contribution is 2.07. The van der Waals surface area contributed by atoms with E-state index in [1.807, 2.05) is 24.3 Å². The van der Waals surface area contributed by atoms with Gasteiger partial charge in [0.1, 0.15) is 0 Å². The monoisotopic (exact) mass is 343 g/mol. The van der Waals surface area contributed by atoms with Crippen molar-refractivity contribution in [3.63, 3.8) is 0 Å². The summed E-state index contributed by atoms with van der Waals surface area (Å²) in [7, 11) is 0. The Balaban J connectivity index is 0. The van der Waals surface area contributed by atoms with E-state index in [-0.39, 0.29) is 0 Å². The zero-order valence-corrected chi connectivity index (χ0v) is 15.4. The fourth-order valence-corrected chi connectivity index (χ4v) is 2.45. The van der Waals surface area contributed by atoms with E-state index in [9.17, 15) is 8.76 Å². The minimum atomic E-state index is -2.32. The summed E-state index contributed by atoms with van der Waals surface area (Å²) in [5.74, 6) is 0. The lowest BCUT2D eigenvalue weighted by Crippen LogP contribution is -2.48. The maximum absolute atomic E-state index is 9.81. The average molecular weight is 344 g/mol. The Bertz CT molecular complexity index is 311. The molecule has 0 spiro atoms. The van der Waals surface area contributed by atoms with Crippen molar-refractivity contribution < 1.29 is 17.4 Å². The second-order valence-electron chi connectivity index (χ2n) is 5.31. The van der Waals surface area contributed by atoms with Crippen molar-refractivity contribution >= 4 is 11.4 Å². The molecule has 0 amide bonds. The molecule has 0 aliphatic rings. The standard InChI is InChI=1S/C12H20N.C6H14O3S/c1-5-9-13(10-6-2,11-7-3)12-8-4;1-2-3-4-5-6-9-10(7)8/h5-8H,1-4,9-12H2;2-6H2,1H3,(H,7,8)/q+1;/p-1. The number of unbranched alkanes of at least 4 members (excludes halogenated alkanes) is 3.